The molecule has 1 unspecified atom stereocenters. The van der Waals surface area contributed by atoms with E-state index in [4.69, 9.17) is 9.47 Å². The summed E-state index contributed by atoms with van der Waals surface area (Å²) >= 11 is 0. The molecule has 0 saturated carbocycles. The quantitative estimate of drug-likeness (QED) is 0.523. The van der Waals surface area contributed by atoms with Crippen molar-refractivity contribution in [1.82, 2.24) is 15.2 Å². The highest BCUT2D eigenvalue weighted by molar-refractivity contribution is 6.03. The van der Waals surface area contributed by atoms with Crippen molar-refractivity contribution in [2.45, 2.75) is 18.6 Å². The summed E-state index contributed by atoms with van der Waals surface area (Å²) in [6.07, 6.45) is 1.45. The van der Waals surface area contributed by atoms with Gasteiger partial charge in [-0.2, -0.15) is 0 Å². The highest BCUT2D eigenvalue weighted by atomic mass is 19.1. The van der Waals surface area contributed by atoms with Gasteiger partial charge < -0.3 is 24.6 Å². The van der Waals surface area contributed by atoms with Crippen molar-refractivity contribution in [3.63, 3.8) is 0 Å². The summed E-state index contributed by atoms with van der Waals surface area (Å²) in [6, 6.07) is 16.2. The van der Waals surface area contributed by atoms with Gasteiger partial charge in [0.2, 0.25) is 11.6 Å². The van der Waals surface area contributed by atoms with Crippen molar-refractivity contribution in [3.8, 4) is 29.1 Å². The van der Waals surface area contributed by atoms with Gasteiger partial charge in [-0.3, -0.25) is 19.4 Å². The number of hydrogen-bond acceptors (Lipinski definition) is 6. The Morgan fingerprint density at radius 1 is 1.13 bits per heavy atom. The van der Waals surface area contributed by atoms with E-state index in [2.05, 4.69) is 22.1 Å². The van der Waals surface area contributed by atoms with E-state index in [1.165, 1.54) is 29.0 Å². The van der Waals surface area contributed by atoms with Gasteiger partial charge >= 0.3 is 0 Å². The average molecular weight is 529 g/mol. The van der Waals surface area contributed by atoms with Crippen molar-refractivity contribution >= 4 is 23.4 Å². The first kappa shape index (κ1) is 25.7. The summed E-state index contributed by atoms with van der Waals surface area (Å²) in [5.41, 5.74) is -0.759. The van der Waals surface area contributed by atoms with Crippen LogP contribution in [0.5, 0.6) is 17.2 Å². The molecule has 1 saturated heterocycles. The Hall–Kier alpha value is -4.91. The van der Waals surface area contributed by atoms with Gasteiger partial charge in [-0.15, -0.1) is 0 Å². The van der Waals surface area contributed by atoms with E-state index in [0.29, 0.717) is 28.5 Å². The first-order chi connectivity index (χ1) is 18.7. The number of alkyl halides is 1. The Labute approximate surface area is 224 Å². The molecule has 0 bridgehead atoms. The molecule has 0 spiro atoms. The molecule has 2 aromatic carbocycles. The SMILES string of the molecule is CC(=O)N1CC(F)(C#Cc2ccc3c(c2)N(C)C(=O)C(NC(=O)c2cc(Oc4ccccc4)ccn2)CO3)C1. The molecule has 10 heteroatoms. The molecule has 1 N–H and O–H groups in total. The van der Waals surface area contributed by atoms with E-state index >= 15 is 0 Å². The molecule has 3 amide bonds. The summed E-state index contributed by atoms with van der Waals surface area (Å²) in [5, 5.41) is 2.69. The van der Waals surface area contributed by atoms with Crippen molar-refractivity contribution in [2.24, 2.45) is 0 Å². The number of carbonyl (C=O) groups is 3. The number of amides is 3. The number of likely N-dealkylation sites (tertiary alicyclic amines) is 1. The van der Waals surface area contributed by atoms with Crippen LogP contribution in [0.2, 0.25) is 0 Å². The highest BCUT2D eigenvalue weighted by Gasteiger charge is 2.43. The lowest BCUT2D eigenvalue weighted by atomic mass is 9.96. The van der Waals surface area contributed by atoms with Crippen molar-refractivity contribution in [3.05, 3.63) is 78.1 Å². The molecule has 9 nitrogen and oxygen atoms in total. The fourth-order valence-electron chi connectivity index (χ4n) is 4.18. The molecule has 39 heavy (non-hydrogen) atoms. The Morgan fingerprint density at radius 2 is 1.90 bits per heavy atom. The molecule has 1 fully saturated rings. The molecule has 1 atom stereocenters. The number of aromatic nitrogens is 1. The lowest BCUT2D eigenvalue weighted by molar-refractivity contribution is -0.139. The van der Waals surface area contributed by atoms with Gasteiger partial charge in [0.05, 0.1) is 18.8 Å². The number of pyridine rings is 1. The Bertz CT molecular complexity index is 1490. The monoisotopic (exact) mass is 528 g/mol. The summed E-state index contributed by atoms with van der Waals surface area (Å²) in [5.74, 6) is 5.68. The highest BCUT2D eigenvalue weighted by Crippen LogP contribution is 2.32. The van der Waals surface area contributed by atoms with Crippen LogP contribution in [0.25, 0.3) is 0 Å². The largest absolute Gasteiger partial charge is 0.489 e. The molecule has 0 radical (unpaired) electrons. The lowest BCUT2D eigenvalue weighted by Gasteiger charge is -2.40. The minimum absolute atomic E-state index is 0.0701. The fourth-order valence-corrected chi connectivity index (χ4v) is 4.18. The molecular formula is C29H25FN4O5. The van der Waals surface area contributed by atoms with Gasteiger partial charge in [-0.25, -0.2) is 4.39 Å². The van der Waals surface area contributed by atoms with Crippen molar-refractivity contribution in [2.75, 3.05) is 31.6 Å². The number of halogens is 1. The summed E-state index contributed by atoms with van der Waals surface area (Å²) < 4.78 is 26.3. The average Bonchev–Trinajstić information content (AvgIpc) is 3.03. The van der Waals surface area contributed by atoms with Gasteiger partial charge in [0.15, 0.2) is 0 Å². The van der Waals surface area contributed by atoms with E-state index in [0.717, 1.165) is 0 Å². The Kier molecular flexibility index (Phi) is 6.90. The summed E-state index contributed by atoms with van der Waals surface area (Å²) in [7, 11) is 1.56. The summed E-state index contributed by atoms with van der Waals surface area (Å²) in [4.78, 5) is 44.4. The molecular weight excluding hydrogens is 503 g/mol. The van der Waals surface area contributed by atoms with Crippen LogP contribution in [-0.4, -0.2) is 66.1 Å². The van der Waals surface area contributed by atoms with Crippen LogP contribution in [0, 0.1) is 11.8 Å². The van der Waals surface area contributed by atoms with Crippen LogP contribution in [0.4, 0.5) is 10.1 Å². The zero-order valence-corrected chi connectivity index (χ0v) is 21.3. The number of nitrogens with zero attached hydrogens (tertiary/aromatic N) is 3. The number of rotatable bonds is 4. The minimum atomic E-state index is -1.76. The van der Waals surface area contributed by atoms with Crippen LogP contribution >= 0.6 is 0 Å². The minimum Gasteiger partial charge on any atom is -0.489 e. The summed E-state index contributed by atoms with van der Waals surface area (Å²) in [6.45, 7) is 1.15. The zero-order chi connectivity index (χ0) is 27.6. The van der Waals surface area contributed by atoms with E-state index < -0.39 is 23.5 Å². The third-order valence-electron chi connectivity index (χ3n) is 6.36. The van der Waals surface area contributed by atoms with E-state index in [1.54, 1.807) is 43.4 Å². The third kappa shape index (κ3) is 5.67. The predicted octanol–water partition coefficient (Wildman–Crippen LogP) is 2.95. The van der Waals surface area contributed by atoms with Gasteiger partial charge in [0.1, 0.15) is 35.6 Å². The van der Waals surface area contributed by atoms with Crippen molar-refractivity contribution in [1.29, 1.82) is 0 Å². The number of nitrogens with one attached hydrogen (secondary N) is 1. The van der Waals surface area contributed by atoms with Gasteiger partial charge in [0, 0.05) is 31.8 Å². The lowest BCUT2D eigenvalue weighted by Crippen LogP contribution is -2.59. The number of para-hydroxylation sites is 1. The number of ether oxygens (including phenoxy) is 2. The third-order valence-corrected chi connectivity index (χ3v) is 6.36. The van der Waals surface area contributed by atoms with Crippen LogP contribution < -0.4 is 19.7 Å². The molecule has 5 rings (SSSR count). The number of anilines is 1. The van der Waals surface area contributed by atoms with E-state index in [9.17, 15) is 18.8 Å². The van der Waals surface area contributed by atoms with Crippen LogP contribution in [0.1, 0.15) is 23.0 Å². The number of carbonyl (C=O) groups excluding carboxylic acids is 3. The predicted molar refractivity (Wildman–Crippen MR) is 140 cm³/mol. The molecule has 2 aliphatic rings. The number of fused-ring (bicyclic) bond motifs is 1. The Morgan fingerprint density at radius 3 is 2.64 bits per heavy atom. The fraction of sp³-hybridized carbons (Fsp3) is 0.241. The number of benzene rings is 2. The van der Waals surface area contributed by atoms with E-state index in [1.807, 2.05) is 18.2 Å². The van der Waals surface area contributed by atoms with Crippen LogP contribution in [0.3, 0.4) is 0 Å². The number of likely N-dealkylation sites (N-methyl/N-ethyl adjacent to an activating group) is 1. The van der Waals surface area contributed by atoms with Gasteiger partial charge in [0.25, 0.3) is 11.8 Å². The molecule has 1 aromatic heterocycles. The first-order valence-electron chi connectivity index (χ1n) is 12.2. The van der Waals surface area contributed by atoms with Crippen LogP contribution in [0.15, 0.2) is 66.9 Å². The maximum absolute atomic E-state index is 14.7. The number of hydrogen-bond donors (Lipinski definition) is 1. The van der Waals surface area contributed by atoms with Crippen LogP contribution in [-0.2, 0) is 9.59 Å². The maximum Gasteiger partial charge on any atom is 0.270 e. The van der Waals surface area contributed by atoms with Crippen molar-refractivity contribution < 1.29 is 28.2 Å². The second-order valence-corrected chi connectivity index (χ2v) is 9.30. The topological polar surface area (TPSA) is 101 Å². The normalized spacial score (nSPS) is 17.4. The molecule has 198 valence electrons. The van der Waals surface area contributed by atoms with Gasteiger partial charge in [-0.05, 0) is 36.4 Å². The second-order valence-electron chi connectivity index (χ2n) is 9.30. The standard InChI is InChI=1S/C29H25FN4O5/c1-19(35)34-17-29(30,18-34)12-10-20-8-9-26-25(14-20)33(2)28(37)24(16-38-26)32-27(36)23-15-22(11-13-31-23)39-21-6-4-3-5-7-21/h3-9,11,13-15,24H,16-18H2,1-2H3,(H,32,36). The molecule has 2 aliphatic heterocycles. The molecule has 3 heterocycles. The molecule has 0 aliphatic carbocycles. The smallest absolute Gasteiger partial charge is 0.270 e. The van der Waals surface area contributed by atoms with Gasteiger partial charge in [-0.1, -0.05) is 30.0 Å². The second kappa shape index (κ2) is 10.5. The first-order valence-corrected chi connectivity index (χ1v) is 12.2. The Balaban J connectivity index is 1.27. The molecule has 3 aromatic rings. The zero-order valence-electron chi connectivity index (χ0n) is 21.3. The maximum atomic E-state index is 14.7. The van der Waals surface area contributed by atoms with E-state index in [-0.39, 0.29) is 31.3 Å².